The molecule has 3 rings (SSSR count). The number of rotatable bonds is 6. The van der Waals surface area contributed by atoms with E-state index in [1.165, 1.54) is 11.1 Å². The van der Waals surface area contributed by atoms with Crippen LogP contribution in [0.1, 0.15) is 52.4 Å². The highest BCUT2D eigenvalue weighted by atomic mass is 16.3. The van der Waals surface area contributed by atoms with E-state index in [1.807, 2.05) is 18.2 Å². The minimum Gasteiger partial charge on any atom is -0.464 e. The molecule has 146 valence electrons. The largest absolute Gasteiger partial charge is 0.464 e. The quantitative estimate of drug-likeness (QED) is 0.679. The first-order chi connectivity index (χ1) is 13.4. The molecule has 0 saturated heterocycles. The van der Waals surface area contributed by atoms with Gasteiger partial charge in [0.1, 0.15) is 5.58 Å². The highest BCUT2D eigenvalue weighted by Gasteiger charge is 2.14. The number of benzene rings is 2. The Bertz CT molecular complexity index is 1020. The molecule has 0 bridgehead atoms. The van der Waals surface area contributed by atoms with E-state index in [2.05, 4.69) is 37.5 Å². The Kier molecular flexibility index (Phi) is 5.83. The molecule has 28 heavy (non-hydrogen) atoms. The molecule has 0 atom stereocenters. The van der Waals surface area contributed by atoms with Crippen LogP contribution in [0.25, 0.3) is 11.0 Å². The number of hydrogen-bond acceptors (Lipinski definition) is 3. The molecule has 2 N–H and O–H groups in total. The Hall–Kier alpha value is -3.08. The van der Waals surface area contributed by atoms with Crippen molar-refractivity contribution in [2.75, 3.05) is 7.05 Å². The van der Waals surface area contributed by atoms with Gasteiger partial charge in [0.05, 0.1) is 12.7 Å². The topological polar surface area (TPSA) is 71.3 Å². The highest BCUT2D eigenvalue weighted by Crippen LogP contribution is 2.29. The summed E-state index contributed by atoms with van der Waals surface area (Å²) in [6.07, 6.45) is 1.92. The van der Waals surface area contributed by atoms with Gasteiger partial charge in [-0.15, -0.1) is 0 Å². The van der Waals surface area contributed by atoms with Gasteiger partial charge < -0.3 is 15.1 Å². The van der Waals surface area contributed by atoms with Gasteiger partial charge in [-0.25, -0.2) is 0 Å². The molecule has 0 aliphatic heterocycles. The second-order valence-corrected chi connectivity index (χ2v) is 7.35. The van der Waals surface area contributed by atoms with E-state index in [9.17, 15) is 9.59 Å². The molecule has 3 aromatic rings. The Morgan fingerprint density at radius 3 is 2.64 bits per heavy atom. The van der Waals surface area contributed by atoms with Gasteiger partial charge in [0.15, 0.2) is 0 Å². The van der Waals surface area contributed by atoms with Crippen LogP contribution in [0.5, 0.6) is 0 Å². The van der Waals surface area contributed by atoms with E-state index in [4.69, 9.17) is 4.42 Å². The van der Waals surface area contributed by atoms with E-state index in [-0.39, 0.29) is 18.2 Å². The maximum atomic E-state index is 12.5. The second kappa shape index (κ2) is 8.30. The Labute approximate surface area is 165 Å². The molecule has 2 amide bonds. The van der Waals surface area contributed by atoms with Crippen molar-refractivity contribution in [3.05, 3.63) is 70.5 Å². The first-order valence-electron chi connectivity index (χ1n) is 9.47. The number of fused-ring (bicyclic) bond motifs is 1. The van der Waals surface area contributed by atoms with Crippen molar-refractivity contribution in [3.63, 3.8) is 0 Å². The molecule has 0 radical (unpaired) electrons. The van der Waals surface area contributed by atoms with Gasteiger partial charge in [-0.1, -0.05) is 26.0 Å². The Balaban J connectivity index is 1.70. The maximum absolute atomic E-state index is 12.5. The summed E-state index contributed by atoms with van der Waals surface area (Å²) in [5, 5.41) is 6.51. The Morgan fingerprint density at radius 2 is 1.93 bits per heavy atom. The van der Waals surface area contributed by atoms with Crippen molar-refractivity contribution >= 4 is 22.8 Å². The minimum absolute atomic E-state index is 0.0836. The molecule has 0 aliphatic rings. The number of aryl methyl sites for hydroxylation is 1. The Morgan fingerprint density at radius 1 is 1.14 bits per heavy atom. The lowest BCUT2D eigenvalue weighted by atomic mass is 9.95. The number of hydrogen-bond donors (Lipinski definition) is 2. The molecule has 1 aromatic heterocycles. The van der Waals surface area contributed by atoms with Crippen molar-refractivity contribution < 1.29 is 14.0 Å². The summed E-state index contributed by atoms with van der Waals surface area (Å²) in [4.78, 5) is 24.2. The van der Waals surface area contributed by atoms with Crippen LogP contribution < -0.4 is 10.6 Å². The van der Waals surface area contributed by atoms with Crippen LogP contribution in [0.3, 0.4) is 0 Å². The van der Waals surface area contributed by atoms with E-state index in [0.717, 1.165) is 22.1 Å². The van der Waals surface area contributed by atoms with Crippen LogP contribution in [-0.2, 0) is 17.8 Å². The summed E-state index contributed by atoms with van der Waals surface area (Å²) in [6, 6.07) is 11.4. The van der Waals surface area contributed by atoms with Crippen LogP contribution in [0.15, 0.2) is 47.1 Å². The van der Waals surface area contributed by atoms with Gasteiger partial charge in [0.25, 0.3) is 5.91 Å². The number of nitrogens with one attached hydrogen (secondary N) is 2. The van der Waals surface area contributed by atoms with Crippen LogP contribution >= 0.6 is 0 Å². The molecule has 2 aromatic carbocycles. The summed E-state index contributed by atoms with van der Waals surface area (Å²) in [5.74, 6) is 0.183. The first kappa shape index (κ1) is 19.7. The molecule has 1 heterocycles. The zero-order chi connectivity index (χ0) is 20.3. The number of carbonyl (C=O) groups excluding carboxylic acids is 2. The zero-order valence-corrected chi connectivity index (χ0v) is 16.8. The maximum Gasteiger partial charge on any atom is 0.251 e. The van der Waals surface area contributed by atoms with E-state index < -0.39 is 0 Å². The van der Waals surface area contributed by atoms with Crippen molar-refractivity contribution in [2.24, 2.45) is 0 Å². The monoisotopic (exact) mass is 378 g/mol. The zero-order valence-electron chi connectivity index (χ0n) is 16.8. The van der Waals surface area contributed by atoms with Gasteiger partial charge in [0.2, 0.25) is 5.91 Å². The molecule has 5 nitrogen and oxygen atoms in total. The molecular weight excluding hydrogens is 352 g/mol. The van der Waals surface area contributed by atoms with E-state index >= 15 is 0 Å². The third kappa shape index (κ3) is 4.25. The summed E-state index contributed by atoms with van der Waals surface area (Å²) < 4.78 is 5.66. The average molecular weight is 378 g/mol. The van der Waals surface area contributed by atoms with Crippen molar-refractivity contribution in [1.29, 1.82) is 0 Å². The van der Waals surface area contributed by atoms with Crippen LogP contribution in [-0.4, -0.2) is 18.9 Å². The van der Waals surface area contributed by atoms with Crippen molar-refractivity contribution in [1.82, 2.24) is 10.6 Å². The van der Waals surface area contributed by atoms with Gasteiger partial charge in [-0.3, -0.25) is 9.59 Å². The number of furan rings is 1. The van der Waals surface area contributed by atoms with Gasteiger partial charge in [-0.05, 0) is 53.8 Å². The second-order valence-electron chi connectivity index (χ2n) is 7.35. The predicted octanol–water partition coefficient (Wildman–Crippen LogP) is 4.08. The third-order valence-electron chi connectivity index (χ3n) is 4.92. The summed E-state index contributed by atoms with van der Waals surface area (Å²) in [5.41, 5.74) is 5.61. The van der Waals surface area contributed by atoms with Crippen molar-refractivity contribution in [3.8, 4) is 0 Å². The molecular formula is C23H26N2O3. The van der Waals surface area contributed by atoms with E-state index in [0.29, 0.717) is 18.0 Å². The summed E-state index contributed by atoms with van der Waals surface area (Å²) >= 11 is 0. The molecule has 0 saturated carbocycles. The molecule has 0 aliphatic carbocycles. The molecule has 0 unspecified atom stereocenters. The lowest BCUT2D eigenvalue weighted by Gasteiger charge is -2.10. The molecule has 0 fully saturated rings. The van der Waals surface area contributed by atoms with E-state index in [1.54, 1.807) is 25.4 Å². The summed E-state index contributed by atoms with van der Waals surface area (Å²) in [6.45, 7) is 6.77. The van der Waals surface area contributed by atoms with Crippen LogP contribution in [0.2, 0.25) is 0 Å². The third-order valence-corrected chi connectivity index (χ3v) is 4.92. The number of amides is 2. The fourth-order valence-corrected chi connectivity index (χ4v) is 3.41. The smallest absolute Gasteiger partial charge is 0.251 e. The van der Waals surface area contributed by atoms with Crippen molar-refractivity contribution in [2.45, 2.75) is 39.7 Å². The first-order valence-corrected chi connectivity index (χ1v) is 9.47. The lowest BCUT2D eigenvalue weighted by Crippen LogP contribution is -2.25. The molecule has 5 heteroatoms. The fraction of sp³-hybridized carbons (Fsp3) is 0.304. The summed E-state index contributed by atoms with van der Waals surface area (Å²) in [7, 11) is 1.60. The van der Waals surface area contributed by atoms with Crippen LogP contribution in [0, 0.1) is 6.92 Å². The minimum atomic E-state index is -0.144. The lowest BCUT2D eigenvalue weighted by molar-refractivity contribution is -0.120. The molecule has 0 spiro atoms. The normalized spacial score (nSPS) is 11.0. The fourth-order valence-electron chi connectivity index (χ4n) is 3.41. The van der Waals surface area contributed by atoms with Gasteiger partial charge in [-0.2, -0.15) is 0 Å². The van der Waals surface area contributed by atoms with Gasteiger partial charge >= 0.3 is 0 Å². The predicted molar refractivity (Wildman–Crippen MR) is 110 cm³/mol. The SMILES string of the molecule is CNC(=O)c1cccc(CNC(=O)Cc2coc3cc(C)c(C(C)C)cc23)c1. The highest BCUT2D eigenvalue weighted by molar-refractivity contribution is 5.94. The van der Waals surface area contributed by atoms with Gasteiger partial charge in [0, 0.05) is 30.1 Å². The van der Waals surface area contributed by atoms with Crippen LogP contribution in [0.4, 0.5) is 0 Å². The average Bonchev–Trinajstić information content (AvgIpc) is 3.06. The number of carbonyl (C=O) groups is 2. The standard InChI is InChI=1S/C23H26N2O3/c1-14(2)19-11-20-18(13-28-21(20)8-15(19)3)10-22(26)25-12-16-6-5-7-17(9-16)23(27)24-4/h5-9,11,13-14H,10,12H2,1-4H3,(H,24,27)(H,25,26).